The molecule has 1 fully saturated rings. The van der Waals surface area contributed by atoms with Crippen molar-refractivity contribution in [3.8, 4) is 0 Å². The fourth-order valence-electron chi connectivity index (χ4n) is 2.97. The van der Waals surface area contributed by atoms with Crippen LogP contribution in [0.15, 0.2) is 53.6 Å². The fraction of sp³-hybridized carbons (Fsp3) is 0.294. The molecule has 4 heterocycles. The second kappa shape index (κ2) is 5.89. The molecule has 1 aliphatic heterocycles. The zero-order valence-corrected chi connectivity index (χ0v) is 12.8. The van der Waals surface area contributed by atoms with Crippen molar-refractivity contribution in [3.05, 3.63) is 60.4 Å². The Kier molecular flexibility index (Phi) is 3.59. The van der Waals surface area contributed by atoms with E-state index >= 15 is 0 Å². The van der Waals surface area contributed by atoms with Gasteiger partial charge in [0.05, 0.1) is 17.5 Å². The van der Waals surface area contributed by atoms with Gasteiger partial charge >= 0.3 is 0 Å². The van der Waals surface area contributed by atoms with Gasteiger partial charge in [-0.25, -0.2) is 4.98 Å². The van der Waals surface area contributed by atoms with Crippen molar-refractivity contribution < 1.29 is 9.21 Å². The second-order valence-electron chi connectivity index (χ2n) is 5.78. The lowest BCUT2D eigenvalue weighted by molar-refractivity contribution is 0.0626. The Bertz CT molecular complexity index is 768. The van der Waals surface area contributed by atoms with Crippen LogP contribution < -0.4 is 0 Å². The SMILES string of the molecule is O=C(c1ccoc1)N1CCN(Cc2cn3ccccc3n2)CC1. The van der Waals surface area contributed by atoms with E-state index in [1.807, 2.05) is 33.7 Å². The van der Waals surface area contributed by atoms with E-state index in [4.69, 9.17) is 4.42 Å². The number of pyridine rings is 1. The number of hydrogen-bond acceptors (Lipinski definition) is 4. The van der Waals surface area contributed by atoms with Crippen molar-refractivity contribution in [1.82, 2.24) is 19.2 Å². The minimum Gasteiger partial charge on any atom is -0.472 e. The molecule has 3 aromatic rings. The molecule has 6 heteroatoms. The van der Waals surface area contributed by atoms with Crippen molar-refractivity contribution >= 4 is 11.6 Å². The Morgan fingerprint density at radius 3 is 2.78 bits per heavy atom. The predicted molar refractivity (Wildman–Crippen MR) is 85.1 cm³/mol. The van der Waals surface area contributed by atoms with Crippen LogP contribution in [0.3, 0.4) is 0 Å². The van der Waals surface area contributed by atoms with E-state index in [1.165, 1.54) is 12.5 Å². The topological polar surface area (TPSA) is 54.0 Å². The van der Waals surface area contributed by atoms with E-state index in [9.17, 15) is 4.79 Å². The first-order valence-corrected chi connectivity index (χ1v) is 7.76. The first-order chi connectivity index (χ1) is 11.3. The Morgan fingerprint density at radius 2 is 2.04 bits per heavy atom. The van der Waals surface area contributed by atoms with Crippen molar-refractivity contribution in [2.45, 2.75) is 6.54 Å². The number of furan rings is 1. The van der Waals surface area contributed by atoms with Gasteiger partial charge in [0.25, 0.3) is 5.91 Å². The highest BCUT2D eigenvalue weighted by Gasteiger charge is 2.23. The molecule has 0 aromatic carbocycles. The maximum Gasteiger partial charge on any atom is 0.257 e. The standard InChI is InChI=1S/C17H18N4O2/c22-17(14-4-10-23-13-14)20-8-6-19(7-9-20)11-15-12-21-5-2-1-3-16(21)18-15/h1-5,10,12-13H,6-9,11H2. The van der Waals surface area contributed by atoms with Gasteiger partial charge in [-0.05, 0) is 18.2 Å². The Labute approximate surface area is 133 Å². The molecular formula is C17H18N4O2. The number of carbonyl (C=O) groups excluding carboxylic acids is 1. The molecule has 1 amide bonds. The number of nitrogens with zero attached hydrogens (tertiary/aromatic N) is 4. The van der Waals surface area contributed by atoms with Crippen LogP contribution in [0.4, 0.5) is 0 Å². The highest BCUT2D eigenvalue weighted by molar-refractivity contribution is 5.93. The molecular weight excluding hydrogens is 292 g/mol. The Morgan fingerprint density at radius 1 is 1.17 bits per heavy atom. The molecule has 1 saturated heterocycles. The van der Waals surface area contributed by atoms with Crippen LogP contribution >= 0.6 is 0 Å². The third-order valence-electron chi connectivity index (χ3n) is 4.23. The van der Waals surface area contributed by atoms with Gasteiger partial charge < -0.3 is 13.7 Å². The van der Waals surface area contributed by atoms with E-state index in [-0.39, 0.29) is 5.91 Å². The Hall–Kier alpha value is -2.60. The molecule has 0 saturated carbocycles. The van der Waals surface area contributed by atoms with E-state index in [1.54, 1.807) is 6.07 Å². The smallest absolute Gasteiger partial charge is 0.257 e. The lowest BCUT2D eigenvalue weighted by Gasteiger charge is -2.34. The number of aromatic nitrogens is 2. The zero-order valence-electron chi connectivity index (χ0n) is 12.8. The third kappa shape index (κ3) is 2.85. The summed E-state index contributed by atoms with van der Waals surface area (Å²) in [7, 11) is 0. The summed E-state index contributed by atoms with van der Waals surface area (Å²) in [5.41, 5.74) is 2.65. The molecule has 0 radical (unpaired) electrons. The third-order valence-corrected chi connectivity index (χ3v) is 4.23. The minimum atomic E-state index is 0.0473. The van der Waals surface area contributed by atoms with Gasteiger partial charge in [-0.3, -0.25) is 9.69 Å². The number of amides is 1. The normalized spacial score (nSPS) is 16.1. The van der Waals surface area contributed by atoms with Crippen LogP contribution in [-0.2, 0) is 6.54 Å². The molecule has 0 unspecified atom stereocenters. The summed E-state index contributed by atoms with van der Waals surface area (Å²) < 4.78 is 7.02. The van der Waals surface area contributed by atoms with Crippen LogP contribution in [0, 0.1) is 0 Å². The van der Waals surface area contributed by atoms with Gasteiger partial charge in [-0.2, -0.15) is 0 Å². The zero-order chi connectivity index (χ0) is 15.6. The van der Waals surface area contributed by atoms with Crippen LogP contribution in [0.25, 0.3) is 5.65 Å². The van der Waals surface area contributed by atoms with Crippen LogP contribution in [-0.4, -0.2) is 51.3 Å². The number of imidazole rings is 1. The largest absolute Gasteiger partial charge is 0.472 e. The van der Waals surface area contributed by atoms with Crippen LogP contribution in [0.2, 0.25) is 0 Å². The van der Waals surface area contributed by atoms with Gasteiger partial charge in [-0.15, -0.1) is 0 Å². The number of hydrogen-bond donors (Lipinski definition) is 0. The molecule has 6 nitrogen and oxygen atoms in total. The molecule has 118 valence electrons. The van der Waals surface area contributed by atoms with E-state index in [0.29, 0.717) is 5.56 Å². The summed E-state index contributed by atoms with van der Waals surface area (Å²) in [6, 6.07) is 7.71. The van der Waals surface area contributed by atoms with Crippen molar-refractivity contribution in [2.24, 2.45) is 0 Å². The summed E-state index contributed by atoms with van der Waals surface area (Å²) in [4.78, 5) is 21.1. The molecule has 23 heavy (non-hydrogen) atoms. The first-order valence-electron chi connectivity index (χ1n) is 7.76. The highest BCUT2D eigenvalue weighted by atomic mass is 16.3. The number of piperazine rings is 1. The first kappa shape index (κ1) is 14.0. The van der Waals surface area contributed by atoms with Gasteiger partial charge in [-0.1, -0.05) is 6.07 Å². The molecule has 0 aliphatic carbocycles. The molecule has 0 atom stereocenters. The molecule has 4 rings (SSSR count). The average molecular weight is 310 g/mol. The quantitative estimate of drug-likeness (QED) is 0.741. The highest BCUT2D eigenvalue weighted by Crippen LogP contribution is 2.12. The molecule has 0 bridgehead atoms. The summed E-state index contributed by atoms with van der Waals surface area (Å²) in [5, 5.41) is 0. The average Bonchev–Trinajstić information content (AvgIpc) is 3.24. The van der Waals surface area contributed by atoms with Gasteiger partial charge in [0.2, 0.25) is 0 Å². The number of fused-ring (bicyclic) bond motifs is 1. The van der Waals surface area contributed by atoms with E-state index in [0.717, 1.165) is 44.1 Å². The van der Waals surface area contributed by atoms with Crippen molar-refractivity contribution in [1.29, 1.82) is 0 Å². The molecule has 0 spiro atoms. The summed E-state index contributed by atoms with van der Waals surface area (Å²) in [6.07, 6.45) is 7.12. The van der Waals surface area contributed by atoms with Gasteiger partial charge in [0.15, 0.2) is 0 Å². The summed E-state index contributed by atoms with van der Waals surface area (Å²) in [5.74, 6) is 0.0473. The Balaban J connectivity index is 1.37. The predicted octanol–water partition coefficient (Wildman–Crippen LogP) is 1.89. The molecule has 1 aliphatic rings. The van der Waals surface area contributed by atoms with E-state index < -0.39 is 0 Å². The summed E-state index contributed by atoms with van der Waals surface area (Å²) in [6.45, 7) is 4.00. The van der Waals surface area contributed by atoms with Crippen molar-refractivity contribution in [2.75, 3.05) is 26.2 Å². The monoisotopic (exact) mass is 310 g/mol. The van der Waals surface area contributed by atoms with Crippen LogP contribution in [0.1, 0.15) is 16.1 Å². The fourth-order valence-corrected chi connectivity index (χ4v) is 2.97. The van der Waals surface area contributed by atoms with Crippen molar-refractivity contribution in [3.63, 3.8) is 0 Å². The maximum atomic E-state index is 12.3. The minimum absolute atomic E-state index is 0.0473. The second-order valence-corrected chi connectivity index (χ2v) is 5.78. The van der Waals surface area contributed by atoms with Gasteiger partial charge in [0, 0.05) is 45.1 Å². The van der Waals surface area contributed by atoms with Crippen LogP contribution in [0.5, 0.6) is 0 Å². The lowest BCUT2D eigenvalue weighted by Crippen LogP contribution is -2.48. The molecule has 3 aromatic heterocycles. The number of rotatable bonds is 3. The maximum absolute atomic E-state index is 12.3. The molecule has 0 N–H and O–H groups in total. The van der Waals surface area contributed by atoms with Gasteiger partial charge in [0.1, 0.15) is 11.9 Å². The van der Waals surface area contributed by atoms with E-state index in [2.05, 4.69) is 16.1 Å². The lowest BCUT2D eigenvalue weighted by atomic mass is 10.2. The number of carbonyl (C=O) groups is 1. The summed E-state index contributed by atoms with van der Waals surface area (Å²) >= 11 is 0.